The number of aromatic nitrogens is 4. The molecule has 0 aliphatic carbocycles. The van der Waals surface area contributed by atoms with Gasteiger partial charge in [0.15, 0.2) is 5.78 Å². The van der Waals surface area contributed by atoms with Gasteiger partial charge in [0.25, 0.3) is 0 Å². The Kier molecular flexibility index (Phi) is 4.34. The van der Waals surface area contributed by atoms with E-state index < -0.39 is 5.41 Å². The summed E-state index contributed by atoms with van der Waals surface area (Å²) >= 11 is 5.75. The standard InChI is InChI=1S/C13H15ClN4O2/c1-13(2,7-18-9-15-8-16-18)10(19)6-20-12-5-3-4-11(14)17-12/h3-5,8-9H,6-7H2,1-2H3. The minimum atomic E-state index is -0.605. The number of carbonyl (C=O) groups excluding carboxylic acids is 1. The summed E-state index contributed by atoms with van der Waals surface area (Å²) in [6, 6.07) is 5.02. The SMILES string of the molecule is CC(C)(Cn1cncn1)C(=O)COc1cccc(Cl)n1. The molecule has 2 rings (SSSR count). The van der Waals surface area contributed by atoms with Crippen molar-refractivity contribution in [2.24, 2.45) is 5.41 Å². The molecule has 0 fully saturated rings. The van der Waals surface area contributed by atoms with E-state index in [0.717, 1.165) is 0 Å². The van der Waals surface area contributed by atoms with Crippen molar-refractivity contribution in [3.8, 4) is 5.88 Å². The summed E-state index contributed by atoms with van der Waals surface area (Å²) in [6.45, 7) is 4.06. The molecule has 0 radical (unpaired) electrons. The van der Waals surface area contributed by atoms with Crippen molar-refractivity contribution in [3.63, 3.8) is 0 Å². The van der Waals surface area contributed by atoms with Gasteiger partial charge in [-0.15, -0.1) is 0 Å². The van der Waals surface area contributed by atoms with Gasteiger partial charge in [-0.3, -0.25) is 9.48 Å². The summed E-state index contributed by atoms with van der Waals surface area (Å²) in [7, 11) is 0. The molecule has 0 amide bonds. The monoisotopic (exact) mass is 294 g/mol. The third kappa shape index (κ3) is 3.77. The second-order valence-corrected chi connectivity index (χ2v) is 5.37. The van der Waals surface area contributed by atoms with Crippen LogP contribution in [-0.4, -0.2) is 32.1 Å². The molecule has 0 N–H and O–H groups in total. The summed E-state index contributed by atoms with van der Waals surface area (Å²) in [5, 5.41) is 4.33. The van der Waals surface area contributed by atoms with E-state index in [9.17, 15) is 4.79 Å². The lowest BCUT2D eigenvalue weighted by Gasteiger charge is -2.22. The van der Waals surface area contributed by atoms with Gasteiger partial charge >= 0.3 is 0 Å². The minimum Gasteiger partial charge on any atom is -0.470 e. The summed E-state index contributed by atoms with van der Waals surface area (Å²) in [5.74, 6) is 0.289. The van der Waals surface area contributed by atoms with E-state index >= 15 is 0 Å². The molecule has 2 aromatic rings. The number of carbonyl (C=O) groups is 1. The highest BCUT2D eigenvalue weighted by molar-refractivity contribution is 6.29. The van der Waals surface area contributed by atoms with Gasteiger partial charge in [0.2, 0.25) is 5.88 Å². The van der Waals surface area contributed by atoms with Crippen LogP contribution in [-0.2, 0) is 11.3 Å². The zero-order valence-corrected chi connectivity index (χ0v) is 12.0. The highest BCUT2D eigenvalue weighted by atomic mass is 35.5. The number of hydrogen-bond donors (Lipinski definition) is 0. The molecule has 7 heteroatoms. The number of ketones is 1. The Hall–Kier alpha value is -1.95. The molecule has 2 aromatic heterocycles. The number of halogens is 1. The van der Waals surface area contributed by atoms with Gasteiger partial charge in [-0.1, -0.05) is 31.5 Å². The second kappa shape index (κ2) is 6.00. The van der Waals surface area contributed by atoms with Crippen molar-refractivity contribution in [2.45, 2.75) is 20.4 Å². The Morgan fingerprint density at radius 3 is 2.90 bits per heavy atom. The first-order valence-corrected chi connectivity index (χ1v) is 6.46. The van der Waals surface area contributed by atoms with Gasteiger partial charge < -0.3 is 4.74 Å². The number of Topliss-reactive ketones (excluding diaryl/α,β-unsaturated/α-hetero) is 1. The lowest BCUT2D eigenvalue weighted by Crippen LogP contribution is -2.33. The van der Waals surface area contributed by atoms with E-state index in [1.807, 2.05) is 13.8 Å². The molecule has 0 spiro atoms. The van der Waals surface area contributed by atoms with Gasteiger partial charge in [0.05, 0.1) is 6.54 Å². The lowest BCUT2D eigenvalue weighted by molar-refractivity contribution is -0.130. The van der Waals surface area contributed by atoms with Crippen molar-refractivity contribution >= 4 is 17.4 Å². The summed E-state index contributed by atoms with van der Waals surface area (Å²) in [4.78, 5) is 20.0. The molecule has 0 unspecified atom stereocenters. The van der Waals surface area contributed by atoms with Crippen LogP contribution >= 0.6 is 11.6 Å². The number of rotatable bonds is 6. The van der Waals surface area contributed by atoms with E-state index in [1.165, 1.54) is 6.33 Å². The maximum Gasteiger partial charge on any atom is 0.215 e. The molecule has 0 aliphatic rings. The predicted octanol–water partition coefficient (Wildman–Crippen LogP) is 2.00. The molecule has 0 bridgehead atoms. The van der Waals surface area contributed by atoms with Crippen molar-refractivity contribution in [2.75, 3.05) is 6.61 Å². The Morgan fingerprint density at radius 2 is 2.25 bits per heavy atom. The second-order valence-electron chi connectivity index (χ2n) is 4.99. The Bertz CT molecular complexity index is 584. The van der Waals surface area contributed by atoms with Crippen LogP contribution in [0.5, 0.6) is 5.88 Å². The topological polar surface area (TPSA) is 69.9 Å². The van der Waals surface area contributed by atoms with Crippen LogP contribution in [0.4, 0.5) is 0 Å². The molecule has 106 valence electrons. The third-order valence-corrected chi connectivity index (χ3v) is 3.03. The Labute approximate surface area is 121 Å². The van der Waals surface area contributed by atoms with Crippen LogP contribution in [0.15, 0.2) is 30.9 Å². The van der Waals surface area contributed by atoms with Crippen molar-refractivity contribution in [1.29, 1.82) is 0 Å². The number of pyridine rings is 1. The Balaban J connectivity index is 1.93. The molecular weight excluding hydrogens is 280 g/mol. The fraction of sp³-hybridized carbons (Fsp3) is 0.385. The molecule has 0 aliphatic heterocycles. The van der Waals surface area contributed by atoms with Crippen LogP contribution < -0.4 is 4.74 Å². The van der Waals surface area contributed by atoms with Crippen LogP contribution in [0.3, 0.4) is 0 Å². The third-order valence-electron chi connectivity index (χ3n) is 2.82. The van der Waals surface area contributed by atoms with Gasteiger partial charge in [-0.05, 0) is 6.07 Å². The first-order chi connectivity index (χ1) is 9.47. The van der Waals surface area contributed by atoms with E-state index in [2.05, 4.69) is 15.1 Å². The molecule has 20 heavy (non-hydrogen) atoms. The normalized spacial score (nSPS) is 11.3. The van der Waals surface area contributed by atoms with Gasteiger partial charge in [-0.2, -0.15) is 5.10 Å². The quantitative estimate of drug-likeness (QED) is 0.762. The number of nitrogens with zero attached hydrogens (tertiary/aromatic N) is 4. The Morgan fingerprint density at radius 1 is 1.45 bits per heavy atom. The molecular formula is C13H15ClN4O2. The highest BCUT2D eigenvalue weighted by Crippen LogP contribution is 2.20. The van der Waals surface area contributed by atoms with Gasteiger partial charge in [-0.25, -0.2) is 9.97 Å². The summed E-state index contributed by atoms with van der Waals surface area (Å²) < 4.78 is 6.98. The van der Waals surface area contributed by atoms with Crippen molar-refractivity contribution in [3.05, 3.63) is 36.0 Å². The maximum absolute atomic E-state index is 12.2. The predicted molar refractivity (Wildman–Crippen MR) is 73.6 cm³/mol. The van der Waals surface area contributed by atoms with Crippen LogP contribution in [0.2, 0.25) is 5.15 Å². The molecule has 0 atom stereocenters. The highest BCUT2D eigenvalue weighted by Gasteiger charge is 2.28. The van der Waals surface area contributed by atoms with Gasteiger partial charge in [0, 0.05) is 11.5 Å². The van der Waals surface area contributed by atoms with E-state index in [4.69, 9.17) is 16.3 Å². The van der Waals surface area contributed by atoms with E-state index in [-0.39, 0.29) is 12.4 Å². The molecule has 0 saturated carbocycles. The smallest absolute Gasteiger partial charge is 0.215 e. The summed E-state index contributed by atoms with van der Waals surface area (Å²) in [5.41, 5.74) is -0.605. The number of hydrogen-bond acceptors (Lipinski definition) is 5. The van der Waals surface area contributed by atoms with Crippen molar-refractivity contribution < 1.29 is 9.53 Å². The van der Waals surface area contributed by atoms with Gasteiger partial charge in [0.1, 0.15) is 24.4 Å². The zero-order valence-electron chi connectivity index (χ0n) is 11.3. The molecule has 0 aromatic carbocycles. The molecule has 0 saturated heterocycles. The zero-order chi connectivity index (χ0) is 14.6. The van der Waals surface area contributed by atoms with Crippen LogP contribution in [0.25, 0.3) is 0 Å². The van der Waals surface area contributed by atoms with Crippen molar-refractivity contribution in [1.82, 2.24) is 19.7 Å². The molecule has 6 nitrogen and oxygen atoms in total. The fourth-order valence-electron chi connectivity index (χ4n) is 1.61. The van der Waals surface area contributed by atoms with E-state index in [1.54, 1.807) is 29.2 Å². The number of ether oxygens (including phenoxy) is 1. The lowest BCUT2D eigenvalue weighted by atomic mass is 9.88. The fourth-order valence-corrected chi connectivity index (χ4v) is 1.77. The average molecular weight is 295 g/mol. The van der Waals surface area contributed by atoms with E-state index in [0.29, 0.717) is 17.6 Å². The first kappa shape index (κ1) is 14.5. The molecule has 2 heterocycles. The first-order valence-electron chi connectivity index (χ1n) is 6.08. The largest absolute Gasteiger partial charge is 0.470 e. The van der Waals surface area contributed by atoms with Crippen LogP contribution in [0.1, 0.15) is 13.8 Å². The summed E-state index contributed by atoms with van der Waals surface area (Å²) in [6.07, 6.45) is 3.02. The maximum atomic E-state index is 12.2. The minimum absolute atomic E-state index is 0.0465. The average Bonchev–Trinajstić information content (AvgIpc) is 2.88. The van der Waals surface area contributed by atoms with Crippen LogP contribution in [0, 0.1) is 5.41 Å².